The standard InChI is InChI=1S/C3H4O2.CH2O3.Na.H/c1-2-3(4)5;2-1(3)4;;/h2H,1H2,(H,4,5);(H2,2,3,4);;/q;;+1;-1. The van der Waals surface area contributed by atoms with E-state index >= 15 is 0 Å². The van der Waals surface area contributed by atoms with Gasteiger partial charge in [-0.3, -0.25) is 0 Å². The number of carboxylic acids is 1. The van der Waals surface area contributed by atoms with Crippen molar-refractivity contribution in [3.63, 3.8) is 0 Å². The first-order valence-electron chi connectivity index (χ1n) is 1.78. The van der Waals surface area contributed by atoms with Crippen LogP contribution in [0.15, 0.2) is 12.7 Å². The van der Waals surface area contributed by atoms with Gasteiger partial charge in [0.2, 0.25) is 0 Å². The van der Waals surface area contributed by atoms with Gasteiger partial charge < -0.3 is 16.7 Å². The van der Waals surface area contributed by atoms with Gasteiger partial charge in [0.05, 0.1) is 0 Å². The molecule has 0 aliphatic rings. The topological polar surface area (TPSA) is 94.8 Å². The van der Waals surface area contributed by atoms with Gasteiger partial charge in [0.25, 0.3) is 0 Å². The molecule has 54 valence electrons. The monoisotopic (exact) mass is 158 g/mol. The maximum absolute atomic E-state index is 9.25. The van der Waals surface area contributed by atoms with Gasteiger partial charge in [-0.15, -0.1) is 0 Å². The minimum absolute atomic E-state index is 0. The molecule has 0 heterocycles. The zero-order valence-corrected chi connectivity index (χ0v) is 7.44. The summed E-state index contributed by atoms with van der Waals surface area (Å²) in [6, 6.07) is 0. The number of carboxylic acid groups (broad SMARTS) is 3. The molecule has 5 nitrogen and oxygen atoms in total. The zero-order chi connectivity index (χ0) is 7.86. The van der Waals surface area contributed by atoms with E-state index in [0.717, 1.165) is 6.08 Å². The van der Waals surface area contributed by atoms with Crippen LogP contribution in [0.2, 0.25) is 0 Å². The van der Waals surface area contributed by atoms with Crippen LogP contribution in [0.4, 0.5) is 4.79 Å². The molecule has 0 rings (SSSR count). The average molecular weight is 158 g/mol. The molecular formula is C4H7NaO5. The third-order valence-electron chi connectivity index (χ3n) is 0.175. The fourth-order valence-electron chi connectivity index (χ4n) is 0. The van der Waals surface area contributed by atoms with Crippen molar-refractivity contribution in [3.05, 3.63) is 12.7 Å². The minimum Gasteiger partial charge on any atom is -1.00 e. The summed E-state index contributed by atoms with van der Waals surface area (Å²) in [5.74, 6) is -0.981. The van der Waals surface area contributed by atoms with Crippen molar-refractivity contribution in [2.45, 2.75) is 0 Å². The van der Waals surface area contributed by atoms with Crippen molar-refractivity contribution in [1.29, 1.82) is 0 Å². The summed E-state index contributed by atoms with van der Waals surface area (Å²) in [5.41, 5.74) is 0. The third kappa shape index (κ3) is 143. The maximum atomic E-state index is 9.25. The molecule has 0 atom stereocenters. The first-order chi connectivity index (χ1) is 4.00. The van der Waals surface area contributed by atoms with Gasteiger partial charge in [-0.1, -0.05) is 6.58 Å². The predicted octanol–water partition coefficient (Wildman–Crippen LogP) is -2.40. The Morgan fingerprint density at radius 1 is 1.30 bits per heavy atom. The molecule has 0 aliphatic carbocycles. The van der Waals surface area contributed by atoms with Crippen molar-refractivity contribution in [2.24, 2.45) is 0 Å². The van der Waals surface area contributed by atoms with E-state index in [2.05, 4.69) is 6.58 Å². The van der Waals surface area contributed by atoms with Crippen molar-refractivity contribution < 1.29 is 55.9 Å². The fourth-order valence-corrected chi connectivity index (χ4v) is 0. The van der Waals surface area contributed by atoms with E-state index in [1.807, 2.05) is 0 Å². The molecule has 0 radical (unpaired) electrons. The summed E-state index contributed by atoms with van der Waals surface area (Å²) in [7, 11) is 0. The second kappa shape index (κ2) is 11.3. The van der Waals surface area contributed by atoms with Gasteiger partial charge >= 0.3 is 41.7 Å². The summed E-state index contributed by atoms with van der Waals surface area (Å²) in [6.45, 7) is 2.96. The van der Waals surface area contributed by atoms with E-state index in [4.69, 9.17) is 20.1 Å². The molecule has 0 amide bonds. The van der Waals surface area contributed by atoms with E-state index in [1.54, 1.807) is 0 Å². The van der Waals surface area contributed by atoms with E-state index < -0.39 is 12.1 Å². The molecule has 6 heteroatoms. The first-order valence-corrected chi connectivity index (χ1v) is 1.78. The maximum Gasteiger partial charge on any atom is 1.00 e. The van der Waals surface area contributed by atoms with Crippen molar-refractivity contribution in [1.82, 2.24) is 0 Å². The van der Waals surface area contributed by atoms with E-state index in [-0.39, 0.29) is 31.0 Å². The Balaban J connectivity index is -0.0000000383. The summed E-state index contributed by atoms with van der Waals surface area (Å²) in [4.78, 5) is 17.8. The molecule has 0 saturated heterocycles. The Hall–Kier alpha value is -0.520. The van der Waals surface area contributed by atoms with Crippen molar-refractivity contribution in [3.8, 4) is 0 Å². The number of aliphatic carboxylic acids is 1. The van der Waals surface area contributed by atoms with Crippen LogP contribution in [-0.2, 0) is 4.79 Å². The Bertz CT molecular complexity index is 122. The Morgan fingerprint density at radius 2 is 1.40 bits per heavy atom. The first kappa shape index (κ1) is 16.2. The molecule has 0 bridgehead atoms. The van der Waals surface area contributed by atoms with Crippen LogP contribution in [0.25, 0.3) is 0 Å². The zero-order valence-electron chi connectivity index (χ0n) is 6.44. The SMILES string of the molecule is C=CC(=O)O.O=C(O)O.[H-].[Na+]. The minimum atomic E-state index is -1.83. The molecule has 0 aromatic carbocycles. The number of carbonyl (C=O) groups is 2. The van der Waals surface area contributed by atoms with E-state index in [1.165, 1.54) is 0 Å². The van der Waals surface area contributed by atoms with Crippen molar-refractivity contribution in [2.75, 3.05) is 0 Å². The Kier molecular flexibility index (Phi) is 18.3. The number of hydrogen-bond donors (Lipinski definition) is 3. The molecule has 0 aromatic rings. The Labute approximate surface area is 80.8 Å². The fraction of sp³-hybridized carbons (Fsp3) is 0. The molecule has 0 fully saturated rings. The van der Waals surface area contributed by atoms with Gasteiger partial charge in [0, 0.05) is 6.08 Å². The molecule has 0 saturated carbocycles. The summed E-state index contributed by atoms with van der Waals surface area (Å²) < 4.78 is 0. The molecule has 0 spiro atoms. The second-order valence-corrected chi connectivity index (χ2v) is 0.825. The summed E-state index contributed by atoms with van der Waals surface area (Å²) in [6.07, 6.45) is -1.00. The van der Waals surface area contributed by atoms with Gasteiger partial charge in [-0.2, -0.15) is 0 Å². The van der Waals surface area contributed by atoms with E-state index in [9.17, 15) is 4.79 Å². The van der Waals surface area contributed by atoms with Gasteiger partial charge in [0.1, 0.15) is 0 Å². The number of rotatable bonds is 1. The predicted molar refractivity (Wildman–Crippen MR) is 29.6 cm³/mol. The molecule has 0 aromatic heterocycles. The molecule has 3 N–H and O–H groups in total. The number of hydrogen-bond acceptors (Lipinski definition) is 2. The second-order valence-electron chi connectivity index (χ2n) is 0.825. The normalized spacial score (nSPS) is 5.60. The third-order valence-corrected chi connectivity index (χ3v) is 0.175. The van der Waals surface area contributed by atoms with Gasteiger partial charge in [-0.25, -0.2) is 9.59 Å². The Morgan fingerprint density at radius 3 is 1.40 bits per heavy atom. The van der Waals surface area contributed by atoms with Crippen LogP contribution in [0.1, 0.15) is 1.43 Å². The molecule has 0 unspecified atom stereocenters. The van der Waals surface area contributed by atoms with Crippen LogP contribution in [-0.4, -0.2) is 27.4 Å². The quantitative estimate of drug-likeness (QED) is 0.292. The molecule has 10 heavy (non-hydrogen) atoms. The van der Waals surface area contributed by atoms with Gasteiger partial charge in [0.15, 0.2) is 0 Å². The van der Waals surface area contributed by atoms with Crippen LogP contribution >= 0.6 is 0 Å². The van der Waals surface area contributed by atoms with Crippen LogP contribution in [0.3, 0.4) is 0 Å². The van der Waals surface area contributed by atoms with E-state index in [0.29, 0.717) is 0 Å². The van der Waals surface area contributed by atoms with Crippen LogP contribution in [0, 0.1) is 0 Å². The summed E-state index contributed by atoms with van der Waals surface area (Å²) in [5, 5.41) is 21.5. The smallest absolute Gasteiger partial charge is 1.00 e. The van der Waals surface area contributed by atoms with Gasteiger partial charge in [-0.05, 0) is 0 Å². The summed E-state index contributed by atoms with van der Waals surface area (Å²) >= 11 is 0. The molecular weight excluding hydrogens is 151 g/mol. The van der Waals surface area contributed by atoms with Crippen molar-refractivity contribution >= 4 is 12.1 Å². The average Bonchev–Trinajstić information content (AvgIpc) is 1.65. The largest absolute Gasteiger partial charge is 1.00 e. The van der Waals surface area contributed by atoms with Crippen LogP contribution < -0.4 is 29.6 Å². The molecule has 0 aliphatic heterocycles. The van der Waals surface area contributed by atoms with Crippen LogP contribution in [0.5, 0.6) is 0 Å².